The number of methoxy groups -OCH3 is 1. The van der Waals surface area contributed by atoms with Crippen molar-refractivity contribution in [3.63, 3.8) is 0 Å². The Morgan fingerprint density at radius 2 is 2.16 bits per heavy atom. The third-order valence-corrected chi connectivity index (χ3v) is 2.26. The standard InChI is InChI=1S/C12H16N2O5/c1-18-8-2-3-10(13)9(6-8)12(17)14-4-5-19-7-11(15)16/h2-3,6H,4-5,7,13H2,1H3,(H,14,17)(H,15,16). The largest absolute Gasteiger partial charge is 0.497 e. The number of aliphatic carboxylic acids is 1. The van der Waals surface area contributed by atoms with Gasteiger partial charge in [-0.05, 0) is 18.2 Å². The summed E-state index contributed by atoms with van der Waals surface area (Å²) in [5, 5.41) is 10.9. The number of hydrogen-bond acceptors (Lipinski definition) is 5. The zero-order valence-corrected chi connectivity index (χ0v) is 10.5. The Balaban J connectivity index is 2.47. The van der Waals surface area contributed by atoms with Crippen LogP contribution in [0.25, 0.3) is 0 Å². The van der Waals surface area contributed by atoms with Gasteiger partial charge in [0.15, 0.2) is 0 Å². The van der Waals surface area contributed by atoms with Crippen LogP contribution in [0.2, 0.25) is 0 Å². The predicted molar refractivity (Wildman–Crippen MR) is 68.2 cm³/mol. The van der Waals surface area contributed by atoms with Gasteiger partial charge in [0.2, 0.25) is 0 Å². The van der Waals surface area contributed by atoms with E-state index in [0.717, 1.165) is 0 Å². The van der Waals surface area contributed by atoms with Gasteiger partial charge >= 0.3 is 5.97 Å². The summed E-state index contributed by atoms with van der Waals surface area (Å²) in [4.78, 5) is 22.0. The molecule has 0 aliphatic rings. The van der Waals surface area contributed by atoms with E-state index in [1.807, 2.05) is 0 Å². The number of carbonyl (C=O) groups is 2. The van der Waals surface area contributed by atoms with Crippen LogP contribution in [0.3, 0.4) is 0 Å². The quantitative estimate of drug-likeness (QED) is 0.478. The number of amides is 1. The molecule has 1 aromatic rings. The average molecular weight is 268 g/mol. The summed E-state index contributed by atoms with van der Waals surface area (Å²) in [7, 11) is 1.49. The van der Waals surface area contributed by atoms with Crippen LogP contribution >= 0.6 is 0 Å². The number of nitrogens with two attached hydrogens (primary N) is 1. The van der Waals surface area contributed by atoms with E-state index in [-0.39, 0.29) is 19.1 Å². The second-order valence-electron chi connectivity index (χ2n) is 3.66. The lowest BCUT2D eigenvalue weighted by Gasteiger charge is -2.09. The van der Waals surface area contributed by atoms with Crippen molar-refractivity contribution >= 4 is 17.6 Å². The van der Waals surface area contributed by atoms with E-state index < -0.39 is 12.6 Å². The molecule has 0 unspecified atom stereocenters. The fraction of sp³-hybridized carbons (Fsp3) is 0.333. The second kappa shape index (κ2) is 7.22. The Labute approximate surface area is 110 Å². The monoisotopic (exact) mass is 268 g/mol. The fourth-order valence-electron chi connectivity index (χ4n) is 1.35. The molecule has 7 nitrogen and oxygen atoms in total. The van der Waals surface area contributed by atoms with Crippen molar-refractivity contribution in [2.45, 2.75) is 0 Å². The molecule has 0 fully saturated rings. The van der Waals surface area contributed by atoms with E-state index in [1.165, 1.54) is 13.2 Å². The first kappa shape index (κ1) is 14.8. The minimum absolute atomic E-state index is 0.113. The maximum atomic E-state index is 11.8. The molecular weight excluding hydrogens is 252 g/mol. The minimum Gasteiger partial charge on any atom is -0.497 e. The molecule has 0 aromatic heterocycles. The number of hydrogen-bond donors (Lipinski definition) is 3. The number of nitrogen functional groups attached to an aromatic ring is 1. The van der Waals surface area contributed by atoms with Gasteiger partial charge in [-0.3, -0.25) is 4.79 Å². The number of anilines is 1. The van der Waals surface area contributed by atoms with Gasteiger partial charge < -0.3 is 25.6 Å². The summed E-state index contributed by atoms with van der Waals surface area (Å²) in [5.41, 5.74) is 6.33. The van der Waals surface area contributed by atoms with E-state index in [1.54, 1.807) is 12.1 Å². The first-order chi connectivity index (χ1) is 9.04. The molecule has 0 spiro atoms. The first-order valence-electron chi connectivity index (χ1n) is 5.56. The van der Waals surface area contributed by atoms with Gasteiger partial charge in [-0.25, -0.2) is 4.79 Å². The van der Waals surface area contributed by atoms with Gasteiger partial charge in [0.25, 0.3) is 5.91 Å². The molecule has 1 amide bonds. The molecule has 0 atom stereocenters. The number of carboxylic acid groups (broad SMARTS) is 1. The van der Waals surface area contributed by atoms with E-state index >= 15 is 0 Å². The Morgan fingerprint density at radius 3 is 2.79 bits per heavy atom. The van der Waals surface area contributed by atoms with Gasteiger partial charge in [0.1, 0.15) is 12.4 Å². The van der Waals surface area contributed by atoms with Crippen molar-refractivity contribution in [2.75, 3.05) is 32.6 Å². The van der Waals surface area contributed by atoms with Crippen molar-refractivity contribution in [1.82, 2.24) is 5.32 Å². The van der Waals surface area contributed by atoms with Gasteiger partial charge in [-0.15, -0.1) is 0 Å². The summed E-state index contributed by atoms with van der Waals surface area (Å²) < 4.78 is 9.79. The highest BCUT2D eigenvalue weighted by molar-refractivity contribution is 5.99. The molecule has 0 heterocycles. The van der Waals surface area contributed by atoms with Crippen LogP contribution < -0.4 is 15.8 Å². The number of carbonyl (C=O) groups excluding carboxylic acids is 1. The topological polar surface area (TPSA) is 111 Å². The summed E-state index contributed by atoms with van der Waals surface area (Å²) in [6.45, 7) is -0.0815. The Kier molecular flexibility index (Phi) is 5.62. The number of ether oxygens (including phenoxy) is 2. The van der Waals surface area contributed by atoms with Crippen LogP contribution in [-0.2, 0) is 9.53 Å². The molecule has 0 bridgehead atoms. The number of benzene rings is 1. The van der Waals surface area contributed by atoms with Crippen molar-refractivity contribution in [3.8, 4) is 5.75 Å². The molecule has 0 saturated heterocycles. The average Bonchev–Trinajstić information content (AvgIpc) is 2.38. The van der Waals surface area contributed by atoms with Crippen LogP contribution in [0.1, 0.15) is 10.4 Å². The summed E-state index contributed by atoms with van der Waals surface area (Å²) in [5.74, 6) is -0.889. The predicted octanol–water partition coefficient (Wildman–Crippen LogP) is 0.108. The molecule has 19 heavy (non-hydrogen) atoms. The molecule has 0 aliphatic carbocycles. The molecule has 1 rings (SSSR count). The number of carboxylic acids is 1. The third-order valence-electron chi connectivity index (χ3n) is 2.26. The first-order valence-corrected chi connectivity index (χ1v) is 5.56. The van der Waals surface area contributed by atoms with E-state index in [0.29, 0.717) is 17.0 Å². The van der Waals surface area contributed by atoms with E-state index in [2.05, 4.69) is 5.32 Å². The summed E-state index contributed by atoms with van der Waals surface area (Å²) in [6, 6.07) is 4.76. The van der Waals surface area contributed by atoms with Gasteiger partial charge in [0.05, 0.1) is 19.3 Å². The SMILES string of the molecule is COc1ccc(N)c(C(=O)NCCOCC(=O)O)c1. The Bertz CT molecular complexity index is 461. The molecule has 7 heteroatoms. The lowest BCUT2D eigenvalue weighted by molar-refractivity contribution is -0.142. The summed E-state index contributed by atoms with van der Waals surface area (Å²) in [6.07, 6.45) is 0. The molecule has 104 valence electrons. The fourth-order valence-corrected chi connectivity index (χ4v) is 1.35. The highest BCUT2D eigenvalue weighted by Gasteiger charge is 2.10. The van der Waals surface area contributed by atoms with E-state index in [9.17, 15) is 9.59 Å². The van der Waals surface area contributed by atoms with Gasteiger partial charge in [0, 0.05) is 12.2 Å². The third kappa shape index (κ3) is 4.84. The molecular formula is C12H16N2O5. The van der Waals surface area contributed by atoms with Crippen molar-refractivity contribution in [2.24, 2.45) is 0 Å². The van der Waals surface area contributed by atoms with Crippen molar-refractivity contribution in [3.05, 3.63) is 23.8 Å². The van der Waals surface area contributed by atoms with Crippen LogP contribution in [0, 0.1) is 0 Å². The maximum absolute atomic E-state index is 11.8. The molecule has 0 saturated carbocycles. The van der Waals surface area contributed by atoms with E-state index in [4.69, 9.17) is 20.3 Å². The molecule has 0 aliphatic heterocycles. The van der Waals surface area contributed by atoms with Crippen molar-refractivity contribution < 1.29 is 24.2 Å². The zero-order chi connectivity index (χ0) is 14.3. The Morgan fingerprint density at radius 1 is 1.42 bits per heavy atom. The maximum Gasteiger partial charge on any atom is 0.329 e. The van der Waals surface area contributed by atoms with Crippen LogP contribution in [0.15, 0.2) is 18.2 Å². The lowest BCUT2D eigenvalue weighted by Crippen LogP contribution is -2.28. The molecule has 4 N–H and O–H groups in total. The smallest absolute Gasteiger partial charge is 0.329 e. The van der Waals surface area contributed by atoms with Crippen molar-refractivity contribution in [1.29, 1.82) is 0 Å². The van der Waals surface area contributed by atoms with Gasteiger partial charge in [-0.1, -0.05) is 0 Å². The highest BCUT2D eigenvalue weighted by Crippen LogP contribution is 2.19. The van der Waals surface area contributed by atoms with Crippen LogP contribution in [0.5, 0.6) is 5.75 Å². The molecule has 0 radical (unpaired) electrons. The highest BCUT2D eigenvalue weighted by atomic mass is 16.5. The molecule has 1 aromatic carbocycles. The number of nitrogens with one attached hydrogen (secondary N) is 1. The van der Waals surface area contributed by atoms with Gasteiger partial charge in [-0.2, -0.15) is 0 Å². The Hall–Kier alpha value is -2.28. The van der Waals surface area contributed by atoms with Crippen LogP contribution in [0.4, 0.5) is 5.69 Å². The second-order valence-corrected chi connectivity index (χ2v) is 3.66. The summed E-state index contributed by atoms with van der Waals surface area (Å²) >= 11 is 0. The minimum atomic E-state index is -1.05. The lowest BCUT2D eigenvalue weighted by atomic mass is 10.1. The normalized spacial score (nSPS) is 9.95. The zero-order valence-electron chi connectivity index (χ0n) is 10.5. The number of rotatable bonds is 7. The van der Waals surface area contributed by atoms with Crippen LogP contribution in [-0.4, -0.2) is 43.9 Å².